The van der Waals surface area contributed by atoms with Crippen LogP contribution in [0.3, 0.4) is 0 Å². The first-order valence-electron chi connectivity index (χ1n) is 17.4. The second kappa shape index (κ2) is 21.5. The highest BCUT2D eigenvalue weighted by atomic mass is 127. The van der Waals surface area contributed by atoms with Crippen LogP contribution in [0.15, 0.2) is 63.9 Å². The molecule has 1 saturated heterocycles. The van der Waals surface area contributed by atoms with Crippen LogP contribution < -0.4 is 32.7 Å². The number of halogens is 1. The van der Waals surface area contributed by atoms with Gasteiger partial charge in [0.25, 0.3) is 0 Å². The van der Waals surface area contributed by atoms with E-state index in [0.29, 0.717) is 70.8 Å². The Bertz CT molecular complexity index is 1400. The number of nitrogens with zero attached hydrogens (tertiary/aromatic N) is 3. The molecule has 1 aliphatic heterocycles. The minimum absolute atomic E-state index is 0.0487. The minimum atomic E-state index is -0.985. The van der Waals surface area contributed by atoms with Crippen molar-refractivity contribution in [2.75, 3.05) is 39.8 Å². The first-order chi connectivity index (χ1) is 24.0. The molecular weight excluding hydrogens is 749 g/mol. The number of nitrogens with one attached hydrogen (secondary N) is 4. The SMILES string of the molecule is CNCCC[C@@H](NC(=O)[C@@H](CC(C)C)NC(=O)[C@@H](Cc1ccccc1)NC(=O)[C@H](N)Cc1ccccc1)C(=O)N1CCCN(C(N)=NI)CC1. The molecule has 13 nitrogen and oxygen atoms in total. The fourth-order valence-electron chi connectivity index (χ4n) is 5.93. The molecule has 2 aromatic rings. The molecule has 0 saturated carbocycles. The molecule has 3 rings (SSSR count). The van der Waals surface area contributed by atoms with Gasteiger partial charge in [-0.05, 0) is 62.7 Å². The topological polar surface area (TPSA) is 187 Å². The summed E-state index contributed by atoms with van der Waals surface area (Å²) in [5.74, 6) is -1.11. The van der Waals surface area contributed by atoms with Crippen molar-refractivity contribution < 1.29 is 19.2 Å². The van der Waals surface area contributed by atoms with E-state index in [2.05, 4.69) is 24.5 Å². The van der Waals surface area contributed by atoms with E-state index >= 15 is 0 Å². The van der Waals surface area contributed by atoms with E-state index in [1.165, 1.54) is 0 Å². The van der Waals surface area contributed by atoms with Crippen LogP contribution in [0.5, 0.6) is 0 Å². The van der Waals surface area contributed by atoms with Crippen molar-refractivity contribution in [2.45, 2.75) is 76.5 Å². The van der Waals surface area contributed by atoms with Crippen LogP contribution in [0.2, 0.25) is 0 Å². The smallest absolute Gasteiger partial charge is 0.245 e. The predicted octanol–water partition coefficient (Wildman–Crippen LogP) is 1.50. The summed E-state index contributed by atoms with van der Waals surface area (Å²) in [7, 11) is 1.84. The standard InChI is InChI=1S/C36H54IN9O4/c1-25(2)22-30(33(48)41-29(16-10-17-40-3)35(50)45-18-11-19-46(21-20-45)36(39)44-37)43-34(49)31(24-27-14-8-5-9-15-27)42-32(47)28(38)23-26-12-6-4-7-13-26/h4-9,12-15,25,28-31,40H,10-11,16-24,38H2,1-3H3,(H2,39,44)(H,41,48)(H,42,47)(H,43,49)/t28-,29-,30-,31-/m1/s1. The normalized spacial score (nSPS) is 16.2. The van der Waals surface area contributed by atoms with Gasteiger partial charge in [0.05, 0.1) is 28.9 Å². The van der Waals surface area contributed by atoms with Crippen molar-refractivity contribution in [2.24, 2.45) is 20.6 Å². The van der Waals surface area contributed by atoms with Crippen LogP contribution in [-0.2, 0) is 32.0 Å². The van der Waals surface area contributed by atoms with Crippen LogP contribution in [0.25, 0.3) is 0 Å². The van der Waals surface area contributed by atoms with E-state index in [4.69, 9.17) is 11.5 Å². The Hall–Kier alpha value is -3.76. The fourth-order valence-corrected chi connectivity index (χ4v) is 6.23. The third kappa shape index (κ3) is 13.5. The molecule has 1 fully saturated rings. The summed E-state index contributed by atoms with van der Waals surface area (Å²) >= 11 is 1.86. The van der Waals surface area contributed by atoms with Crippen molar-refractivity contribution in [1.82, 2.24) is 31.1 Å². The average Bonchev–Trinajstić information content (AvgIpc) is 3.37. The first-order valence-corrected chi connectivity index (χ1v) is 18.4. The highest BCUT2D eigenvalue weighted by Gasteiger charge is 2.33. The summed E-state index contributed by atoms with van der Waals surface area (Å²) < 4.78 is 4.05. The molecule has 2 aromatic carbocycles. The monoisotopic (exact) mass is 803 g/mol. The molecule has 0 unspecified atom stereocenters. The minimum Gasteiger partial charge on any atom is -0.369 e. The summed E-state index contributed by atoms with van der Waals surface area (Å²) in [6, 6.07) is 15.2. The van der Waals surface area contributed by atoms with Gasteiger partial charge in [-0.3, -0.25) is 19.2 Å². The summed E-state index contributed by atoms with van der Waals surface area (Å²) in [5, 5.41) is 11.8. The molecule has 274 valence electrons. The summed E-state index contributed by atoms with van der Waals surface area (Å²) in [6.07, 6.45) is 2.65. The lowest BCUT2D eigenvalue weighted by Crippen LogP contribution is -2.59. The van der Waals surface area contributed by atoms with Gasteiger partial charge in [-0.25, -0.2) is 0 Å². The lowest BCUT2D eigenvalue weighted by molar-refractivity contribution is -0.138. The fraction of sp³-hybridized carbons (Fsp3) is 0.528. The van der Waals surface area contributed by atoms with Crippen LogP contribution in [0.1, 0.15) is 50.7 Å². The Labute approximate surface area is 310 Å². The maximum Gasteiger partial charge on any atom is 0.245 e. The van der Waals surface area contributed by atoms with Crippen molar-refractivity contribution >= 4 is 52.5 Å². The lowest BCUT2D eigenvalue weighted by atomic mass is 9.99. The summed E-state index contributed by atoms with van der Waals surface area (Å²) in [6.45, 7) is 6.79. The molecular formula is C36H54IN9O4. The molecule has 14 heteroatoms. The predicted molar refractivity (Wildman–Crippen MR) is 205 cm³/mol. The van der Waals surface area contributed by atoms with E-state index < -0.39 is 41.9 Å². The Kier molecular flexibility index (Phi) is 17.5. The van der Waals surface area contributed by atoms with Crippen LogP contribution in [-0.4, -0.2) is 103 Å². The summed E-state index contributed by atoms with van der Waals surface area (Å²) in [5.41, 5.74) is 14.1. The molecule has 4 amide bonds. The number of nitrogens with two attached hydrogens (primary N) is 2. The zero-order valence-corrected chi connectivity index (χ0v) is 31.6. The molecule has 1 heterocycles. The molecule has 0 bridgehead atoms. The maximum absolute atomic E-state index is 13.9. The van der Waals surface area contributed by atoms with Gasteiger partial charge in [-0.15, -0.1) is 0 Å². The van der Waals surface area contributed by atoms with Crippen molar-refractivity contribution in [3.8, 4) is 0 Å². The van der Waals surface area contributed by atoms with Gasteiger partial charge >= 0.3 is 0 Å². The Morgan fingerprint density at radius 1 is 0.780 bits per heavy atom. The largest absolute Gasteiger partial charge is 0.369 e. The van der Waals surface area contributed by atoms with Crippen LogP contribution >= 0.6 is 22.9 Å². The molecule has 4 atom stereocenters. The zero-order chi connectivity index (χ0) is 36.5. The van der Waals surface area contributed by atoms with Crippen LogP contribution in [0, 0.1) is 5.92 Å². The van der Waals surface area contributed by atoms with E-state index in [1.54, 1.807) is 4.90 Å². The Morgan fingerprint density at radius 3 is 1.92 bits per heavy atom. The van der Waals surface area contributed by atoms with E-state index in [9.17, 15) is 19.2 Å². The zero-order valence-electron chi connectivity index (χ0n) is 29.4. The molecule has 8 N–H and O–H groups in total. The van der Waals surface area contributed by atoms with Gasteiger partial charge in [-0.1, -0.05) is 74.5 Å². The molecule has 0 aromatic heterocycles. The molecule has 1 aliphatic rings. The number of hydrogen-bond acceptors (Lipinski definition) is 7. The van der Waals surface area contributed by atoms with Gasteiger partial charge in [0.2, 0.25) is 29.6 Å². The van der Waals surface area contributed by atoms with Gasteiger partial charge in [0, 0.05) is 32.6 Å². The number of carbonyl (C=O) groups excluding carboxylic acids is 4. The van der Waals surface area contributed by atoms with E-state index in [0.717, 1.165) is 11.1 Å². The highest BCUT2D eigenvalue weighted by molar-refractivity contribution is 14.1. The maximum atomic E-state index is 13.9. The second-order valence-electron chi connectivity index (χ2n) is 13.2. The first kappa shape index (κ1) is 40.7. The third-order valence-corrected chi connectivity index (χ3v) is 9.14. The number of rotatable bonds is 17. The number of benzene rings is 2. The molecule has 0 aliphatic carbocycles. The number of amides is 4. The molecule has 0 spiro atoms. The van der Waals surface area contributed by atoms with Gasteiger partial charge < -0.3 is 42.5 Å². The quantitative estimate of drug-likeness (QED) is 0.0601. The number of guanidine groups is 1. The second-order valence-corrected chi connectivity index (χ2v) is 13.6. The lowest BCUT2D eigenvalue weighted by Gasteiger charge is -2.29. The molecule has 0 radical (unpaired) electrons. The van der Waals surface area contributed by atoms with E-state index in [1.807, 2.05) is 109 Å². The van der Waals surface area contributed by atoms with E-state index in [-0.39, 0.29) is 18.2 Å². The van der Waals surface area contributed by atoms with Crippen molar-refractivity contribution in [1.29, 1.82) is 0 Å². The number of carbonyl (C=O) groups is 4. The molecule has 50 heavy (non-hydrogen) atoms. The Balaban J connectivity index is 1.77. The Morgan fingerprint density at radius 2 is 1.32 bits per heavy atom. The average molecular weight is 804 g/mol. The van der Waals surface area contributed by atoms with Gasteiger partial charge in [-0.2, -0.15) is 3.21 Å². The van der Waals surface area contributed by atoms with Crippen molar-refractivity contribution in [3.63, 3.8) is 0 Å². The highest BCUT2D eigenvalue weighted by Crippen LogP contribution is 2.13. The van der Waals surface area contributed by atoms with Crippen molar-refractivity contribution in [3.05, 3.63) is 71.8 Å². The van der Waals surface area contributed by atoms with Gasteiger partial charge in [0.1, 0.15) is 18.1 Å². The van der Waals surface area contributed by atoms with Crippen LogP contribution in [0.4, 0.5) is 0 Å². The van der Waals surface area contributed by atoms with Gasteiger partial charge in [0.15, 0.2) is 0 Å². The third-order valence-electron chi connectivity index (χ3n) is 8.64. The number of hydrogen-bond donors (Lipinski definition) is 6. The summed E-state index contributed by atoms with van der Waals surface area (Å²) in [4.78, 5) is 58.8.